The van der Waals surface area contributed by atoms with Gasteiger partial charge in [-0.3, -0.25) is 0 Å². The van der Waals surface area contributed by atoms with E-state index in [0.717, 1.165) is 18.7 Å². The van der Waals surface area contributed by atoms with Crippen LogP contribution in [0.5, 0.6) is 0 Å². The van der Waals surface area contributed by atoms with E-state index in [2.05, 4.69) is 39.6 Å². The minimum atomic E-state index is 0.331. The Kier molecular flexibility index (Phi) is 2.69. The topological polar surface area (TPSA) is 37.8 Å². The van der Waals surface area contributed by atoms with Crippen molar-refractivity contribution in [3.8, 4) is 0 Å². The number of nitrogens with one attached hydrogen (secondary N) is 1. The number of hydrogen-bond donors (Lipinski definition) is 1. The molecule has 2 aromatic rings. The van der Waals surface area contributed by atoms with Gasteiger partial charge < -0.3 is 5.32 Å². The van der Waals surface area contributed by atoms with Crippen LogP contribution in [0.3, 0.4) is 0 Å². The van der Waals surface area contributed by atoms with Crippen molar-refractivity contribution in [2.24, 2.45) is 0 Å². The molecule has 4 heteroatoms. The number of aromatic nitrogens is 2. The number of hydrogen-bond acceptors (Lipinski definition) is 3. The van der Waals surface area contributed by atoms with Crippen LogP contribution < -0.4 is 5.32 Å². The van der Waals surface area contributed by atoms with E-state index in [1.54, 1.807) is 6.07 Å². The van der Waals surface area contributed by atoms with Gasteiger partial charge >= 0.3 is 0 Å². The summed E-state index contributed by atoms with van der Waals surface area (Å²) in [6.07, 6.45) is 3.69. The Morgan fingerprint density at radius 3 is 3.00 bits per heavy atom. The van der Waals surface area contributed by atoms with Crippen molar-refractivity contribution < 1.29 is 0 Å². The first-order chi connectivity index (χ1) is 8.33. The third kappa shape index (κ3) is 2.11. The van der Waals surface area contributed by atoms with Crippen molar-refractivity contribution in [2.75, 3.05) is 5.32 Å². The molecule has 0 radical (unpaired) electrons. The van der Waals surface area contributed by atoms with Crippen LogP contribution in [-0.2, 0) is 6.42 Å². The Morgan fingerprint density at radius 1 is 1.24 bits per heavy atom. The lowest BCUT2D eigenvalue weighted by Crippen LogP contribution is -2.08. The van der Waals surface area contributed by atoms with Crippen molar-refractivity contribution >= 4 is 17.4 Å². The summed E-state index contributed by atoms with van der Waals surface area (Å²) in [4.78, 5) is 8.04. The maximum absolute atomic E-state index is 5.84. The predicted octanol–water partition coefficient (Wildman–Crippen LogP) is 3.23. The summed E-state index contributed by atoms with van der Waals surface area (Å²) >= 11 is 5.84. The molecule has 0 amide bonds. The van der Waals surface area contributed by atoms with E-state index in [1.807, 2.05) is 0 Å². The molecule has 1 aliphatic carbocycles. The number of benzene rings is 1. The highest BCUT2D eigenvalue weighted by atomic mass is 35.5. The van der Waals surface area contributed by atoms with E-state index < -0.39 is 0 Å². The molecule has 0 fully saturated rings. The van der Waals surface area contributed by atoms with Crippen LogP contribution in [0.15, 0.2) is 36.7 Å². The largest absolute Gasteiger partial charge is 0.363 e. The molecule has 0 saturated heterocycles. The molecule has 0 bridgehead atoms. The summed E-state index contributed by atoms with van der Waals surface area (Å²) in [6, 6.07) is 10.6. The van der Waals surface area contributed by atoms with Crippen molar-refractivity contribution in [3.05, 3.63) is 52.9 Å². The SMILES string of the molecule is Clc1cc(N[C@H]2CCc3ccccc32)ncn1. The third-order valence-electron chi connectivity index (χ3n) is 3.09. The smallest absolute Gasteiger partial charge is 0.134 e. The molecule has 0 spiro atoms. The zero-order valence-corrected chi connectivity index (χ0v) is 9.98. The van der Waals surface area contributed by atoms with Crippen LogP contribution in [0.25, 0.3) is 0 Å². The number of nitrogens with zero attached hydrogens (tertiary/aromatic N) is 2. The molecule has 86 valence electrons. The molecule has 1 aromatic heterocycles. The minimum absolute atomic E-state index is 0.331. The Bertz CT molecular complexity index is 542. The zero-order valence-electron chi connectivity index (χ0n) is 9.23. The van der Waals surface area contributed by atoms with Crippen LogP contribution in [0.1, 0.15) is 23.6 Å². The predicted molar refractivity (Wildman–Crippen MR) is 68.2 cm³/mol. The molecule has 0 unspecified atom stereocenters. The summed E-state index contributed by atoms with van der Waals surface area (Å²) in [5.74, 6) is 0.784. The molecule has 1 atom stereocenters. The fourth-order valence-corrected chi connectivity index (χ4v) is 2.45. The number of halogens is 1. The molecule has 1 N–H and O–H groups in total. The maximum atomic E-state index is 5.84. The van der Waals surface area contributed by atoms with Crippen molar-refractivity contribution in [3.63, 3.8) is 0 Å². The second kappa shape index (κ2) is 4.34. The van der Waals surface area contributed by atoms with E-state index in [-0.39, 0.29) is 0 Å². The first kappa shape index (κ1) is 10.5. The number of anilines is 1. The lowest BCUT2D eigenvalue weighted by Gasteiger charge is -2.14. The maximum Gasteiger partial charge on any atom is 0.134 e. The molecule has 0 saturated carbocycles. The van der Waals surface area contributed by atoms with Gasteiger partial charge in [0.25, 0.3) is 0 Å². The van der Waals surface area contributed by atoms with Gasteiger partial charge in [-0.25, -0.2) is 9.97 Å². The van der Waals surface area contributed by atoms with Gasteiger partial charge in [0.2, 0.25) is 0 Å². The summed E-state index contributed by atoms with van der Waals surface area (Å²) in [5.41, 5.74) is 2.78. The highest BCUT2D eigenvalue weighted by Crippen LogP contribution is 2.33. The highest BCUT2D eigenvalue weighted by molar-refractivity contribution is 6.29. The van der Waals surface area contributed by atoms with Crippen molar-refractivity contribution in [2.45, 2.75) is 18.9 Å². The Labute approximate surface area is 105 Å². The second-order valence-corrected chi connectivity index (χ2v) is 4.55. The first-order valence-corrected chi connectivity index (χ1v) is 6.02. The first-order valence-electron chi connectivity index (χ1n) is 5.65. The highest BCUT2D eigenvalue weighted by Gasteiger charge is 2.21. The fraction of sp³-hybridized carbons (Fsp3) is 0.231. The fourth-order valence-electron chi connectivity index (χ4n) is 2.30. The van der Waals surface area contributed by atoms with Gasteiger partial charge in [-0.1, -0.05) is 35.9 Å². The van der Waals surface area contributed by atoms with E-state index in [1.165, 1.54) is 17.5 Å². The summed E-state index contributed by atoms with van der Waals surface area (Å²) in [6.45, 7) is 0. The molecule has 17 heavy (non-hydrogen) atoms. The molecule has 3 rings (SSSR count). The molecule has 1 aromatic carbocycles. The van der Waals surface area contributed by atoms with E-state index in [0.29, 0.717) is 11.2 Å². The van der Waals surface area contributed by atoms with Crippen LogP contribution in [-0.4, -0.2) is 9.97 Å². The third-order valence-corrected chi connectivity index (χ3v) is 3.30. The van der Waals surface area contributed by atoms with Gasteiger partial charge in [-0.15, -0.1) is 0 Å². The normalized spacial score (nSPS) is 17.8. The van der Waals surface area contributed by atoms with Gasteiger partial charge in [0.15, 0.2) is 0 Å². The number of aryl methyl sites for hydroxylation is 1. The lowest BCUT2D eigenvalue weighted by atomic mass is 10.1. The quantitative estimate of drug-likeness (QED) is 0.826. The second-order valence-electron chi connectivity index (χ2n) is 4.16. The van der Waals surface area contributed by atoms with E-state index in [4.69, 9.17) is 11.6 Å². The van der Waals surface area contributed by atoms with Crippen LogP contribution in [0, 0.1) is 0 Å². The van der Waals surface area contributed by atoms with Gasteiger partial charge in [-0.05, 0) is 24.0 Å². The van der Waals surface area contributed by atoms with Crippen LogP contribution in [0.4, 0.5) is 5.82 Å². The van der Waals surface area contributed by atoms with Gasteiger partial charge in [-0.2, -0.15) is 0 Å². The van der Waals surface area contributed by atoms with E-state index >= 15 is 0 Å². The monoisotopic (exact) mass is 245 g/mol. The average molecular weight is 246 g/mol. The van der Waals surface area contributed by atoms with Gasteiger partial charge in [0, 0.05) is 6.07 Å². The number of rotatable bonds is 2. The molecule has 0 aliphatic heterocycles. The molecule has 1 aliphatic rings. The average Bonchev–Trinajstić information content (AvgIpc) is 2.73. The van der Waals surface area contributed by atoms with Crippen LogP contribution in [0.2, 0.25) is 5.15 Å². The standard InChI is InChI=1S/C13H12ClN3/c14-12-7-13(16-8-15-12)17-11-6-5-9-3-1-2-4-10(9)11/h1-4,7-8,11H,5-6H2,(H,15,16,17)/t11-/m0/s1. The zero-order chi connectivity index (χ0) is 11.7. The lowest BCUT2D eigenvalue weighted by molar-refractivity contribution is 0.756. The molecular formula is C13H12ClN3. The number of fused-ring (bicyclic) bond motifs is 1. The Morgan fingerprint density at radius 2 is 2.12 bits per heavy atom. The van der Waals surface area contributed by atoms with Crippen LogP contribution >= 0.6 is 11.6 Å². The van der Waals surface area contributed by atoms with Gasteiger partial charge in [0.1, 0.15) is 17.3 Å². The summed E-state index contributed by atoms with van der Waals surface area (Å²) < 4.78 is 0. The minimum Gasteiger partial charge on any atom is -0.363 e. The Hall–Kier alpha value is -1.61. The molecule has 1 heterocycles. The van der Waals surface area contributed by atoms with Gasteiger partial charge in [0.05, 0.1) is 6.04 Å². The molecular weight excluding hydrogens is 234 g/mol. The molecule has 3 nitrogen and oxygen atoms in total. The summed E-state index contributed by atoms with van der Waals surface area (Å²) in [5, 5.41) is 3.87. The Balaban J connectivity index is 1.84. The van der Waals surface area contributed by atoms with E-state index in [9.17, 15) is 0 Å². The van der Waals surface area contributed by atoms with Crippen molar-refractivity contribution in [1.82, 2.24) is 9.97 Å². The van der Waals surface area contributed by atoms with Crippen molar-refractivity contribution in [1.29, 1.82) is 0 Å². The summed E-state index contributed by atoms with van der Waals surface area (Å²) in [7, 11) is 0.